The van der Waals surface area contributed by atoms with Crippen LogP contribution in [0.4, 0.5) is 0 Å². The molecule has 0 amide bonds. The molecular formula is C14H25NO. The van der Waals surface area contributed by atoms with E-state index in [0.29, 0.717) is 5.92 Å². The van der Waals surface area contributed by atoms with Crippen molar-refractivity contribution < 1.29 is 4.52 Å². The Balaban J connectivity index is 2.49. The van der Waals surface area contributed by atoms with Crippen LogP contribution in [0.1, 0.15) is 76.2 Å². The summed E-state index contributed by atoms with van der Waals surface area (Å²) in [4.78, 5) is 0. The molecule has 2 heteroatoms. The average Bonchev–Trinajstić information content (AvgIpc) is 2.70. The Morgan fingerprint density at radius 3 is 2.38 bits per heavy atom. The zero-order valence-electron chi connectivity index (χ0n) is 11.0. The molecule has 0 spiro atoms. The van der Waals surface area contributed by atoms with Gasteiger partial charge in [-0.15, -0.1) is 0 Å². The van der Waals surface area contributed by atoms with Crippen molar-refractivity contribution in [2.75, 3.05) is 0 Å². The maximum atomic E-state index is 5.40. The number of hydrogen-bond acceptors (Lipinski definition) is 2. The number of nitrogens with zero attached hydrogens (tertiary/aromatic N) is 1. The molecule has 0 bridgehead atoms. The molecule has 16 heavy (non-hydrogen) atoms. The van der Waals surface area contributed by atoms with E-state index in [9.17, 15) is 0 Å². The third-order valence-corrected chi connectivity index (χ3v) is 3.11. The maximum absolute atomic E-state index is 5.40. The molecule has 1 rings (SSSR count). The van der Waals surface area contributed by atoms with E-state index in [4.69, 9.17) is 4.52 Å². The van der Waals surface area contributed by atoms with Gasteiger partial charge in [0.1, 0.15) is 5.76 Å². The Kier molecular flexibility index (Phi) is 6.20. The fourth-order valence-corrected chi connectivity index (χ4v) is 2.10. The molecule has 1 aromatic rings. The summed E-state index contributed by atoms with van der Waals surface area (Å²) in [5.41, 5.74) is 1.01. The number of aromatic nitrogens is 1. The third-order valence-electron chi connectivity index (χ3n) is 3.11. The second-order valence-electron chi connectivity index (χ2n) is 4.71. The van der Waals surface area contributed by atoms with Crippen molar-refractivity contribution in [1.82, 2.24) is 5.16 Å². The van der Waals surface area contributed by atoms with E-state index in [0.717, 1.165) is 11.5 Å². The van der Waals surface area contributed by atoms with E-state index in [1.165, 1.54) is 44.9 Å². The summed E-state index contributed by atoms with van der Waals surface area (Å²) < 4.78 is 5.40. The van der Waals surface area contributed by atoms with Crippen LogP contribution in [0.15, 0.2) is 10.6 Å². The van der Waals surface area contributed by atoms with E-state index in [1.54, 1.807) is 0 Å². The largest absolute Gasteiger partial charge is 0.361 e. The Hall–Kier alpha value is -0.790. The zero-order chi connectivity index (χ0) is 11.8. The highest BCUT2D eigenvalue weighted by Crippen LogP contribution is 2.28. The lowest BCUT2D eigenvalue weighted by molar-refractivity contribution is 0.337. The predicted octanol–water partition coefficient (Wildman–Crippen LogP) is 4.84. The second kappa shape index (κ2) is 7.48. The summed E-state index contributed by atoms with van der Waals surface area (Å²) in [7, 11) is 0. The molecule has 0 saturated carbocycles. The van der Waals surface area contributed by atoms with Gasteiger partial charge < -0.3 is 4.52 Å². The van der Waals surface area contributed by atoms with Crippen molar-refractivity contribution in [2.45, 2.75) is 71.6 Å². The number of hydrogen-bond donors (Lipinski definition) is 0. The van der Waals surface area contributed by atoms with Gasteiger partial charge >= 0.3 is 0 Å². The molecule has 0 aromatic carbocycles. The fourth-order valence-electron chi connectivity index (χ4n) is 2.10. The molecule has 1 unspecified atom stereocenters. The fraction of sp³-hybridized carbons (Fsp3) is 0.786. The normalized spacial score (nSPS) is 12.9. The highest BCUT2D eigenvalue weighted by atomic mass is 16.5. The van der Waals surface area contributed by atoms with Crippen LogP contribution < -0.4 is 0 Å². The number of unbranched alkanes of at least 4 members (excludes halogenated alkanes) is 3. The van der Waals surface area contributed by atoms with E-state index in [1.807, 2.05) is 6.92 Å². The van der Waals surface area contributed by atoms with Crippen molar-refractivity contribution in [3.05, 3.63) is 17.5 Å². The highest BCUT2D eigenvalue weighted by Gasteiger charge is 2.15. The van der Waals surface area contributed by atoms with Gasteiger partial charge in [0.15, 0.2) is 0 Å². The summed E-state index contributed by atoms with van der Waals surface area (Å²) >= 11 is 0. The minimum absolute atomic E-state index is 0.590. The van der Waals surface area contributed by atoms with Crippen molar-refractivity contribution in [3.63, 3.8) is 0 Å². The first kappa shape index (κ1) is 13.3. The second-order valence-corrected chi connectivity index (χ2v) is 4.71. The van der Waals surface area contributed by atoms with E-state index >= 15 is 0 Å². The van der Waals surface area contributed by atoms with E-state index in [2.05, 4.69) is 25.1 Å². The molecule has 1 heterocycles. The summed E-state index contributed by atoms with van der Waals surface area (Å²) in [6.07, 6.45) is 8.97. The van der Waals surface area contributed by atoms with Crippen LogP contribution in [0.3, 0.4) is 0 Å². The van der Waals surface area contributed by atoms with Crippen LogP contribution in [0.25, 0.3) is 0 Å². The molecule has 1 atom stereocenters. The van der Waals surface area contributed by atoms with Crippen LogP contribution >= 0.6 is 0 Å². The zero-order valence-corrected chi connectivity index (χ0v) is 11.0. The molecule has 0 fully saturated rings. The first-order valence-electron chi connectivity index (χ1n) is 6.71. The summed E-state index contributed by atoms with van der Waals surface area (Å²) in [6.45, 7) is 6.49. The monoisotopic (exact) mass is 223 g/mol. The van der Waals surface area contributed by atoms with Gasteiger partial charge in [0.25, 0.3) is 0 Å². The minimum Gasteiger partial charge on any atom is -0.361 e. The van der Waals surface area contributed by atoms with Gasteiger partial charge in [-0.1, -0.05) is 51.1 Å². The molecule has 0 aliphatic carbocycles. The molecule has 2 nitrogen and oxygen atoms in total. The van der Waals surface area contributed by atoms with Crippen molar-refractivity contribution in [3.8, 4) is 0 Å². The minimum atomic E-state index is 0.590. The van der Waals surface area contributed by atoms with Gasteiger partial charge in [0, 0.05) is 12.0 Å². The summed E-state index contributed by atoms with van der Waals surface area (Å²) in [5.74, 6) is 1.69. The van der Waals surface area contributed by atoms with Crippen molar-refractivity contribution in [2.24, 2.45) is 0 Å². The van der Waals surface area contributed by atoms with Crippen LogP contribution in [-0.2, 0) is 0 Å². The molecule has 0 aliphatic rings. The van der Waals surface area contributed by atoms with E-state index < -0.39 is 0 Å². The lowest BCUT2D eigenvalue weighted by Gasteiger charge is -2.12. The lowest BCUT2D eigenvalue weighted by atomic mass is 9.93. The highest BCUT2D eigenvalue weighted by molar-refractivity contribution is 5.08. The summed E-state index contributed by atoms with van der Waals surface area (Å²) in [6, 6.07) is 2.10. The predicted molar refractivity (Wildman–Crippen MR) is 67.6 cm³/mol. The quantitative estimate of drug-likeness (QED) is 0.589. The summed E-state index contributed by atoms with van der Waals surface area (Å²) in [5, 5.41) is 4.00. The Bertz CT molecular complexity index is 280. The van der Waals surface area contributed by atoms with Crippen molar-refractivity contribution >= 4 is 0 Å². The van der Waals surface area contributed by atoms with Crippen LogP contribution in [-0.4, -0.2) is 5.16 Å². The number of rotatable bonds is 8. The SMILES string of the molecule is CCCCCC(CCCC)c1cc(C)no1. The van der Waals surface area contributed by atoms with Crippen LogP contribution in [0.5, 0.6) is 0 Å². The standard InChI is InChI=1S/C14H25NO/c1-4-6-8-10-13(9-7-5-2)14-11-12(3)15-16-14/h11,13H,4-10H2,1-3H3. The lowest BCUT2D eigenvalue weighted by Crippen LogP contribution is -1.98. The van der Waals surface area contributed by atoms with Gasteiger partial charge in [0.05, 0.1) is 5.69 Å². The topological polar surface area (TPSA) is 26.0 Å². The van der Waals surface area contributed by atoms with Gasteiger partial charge in [-0.05, 0) is 19.8 Å². The molecular weight excluding hydrogens is 198 g/mol. The van der Waals surface area contributed by atoms with Gasteiger partial charge in [-0.3, -0.25) is 0 Å². The number of aryl methyl sites for hydroxylation is 1. The molecule has 0 N–H and O–H groups in total. The smallest absolute Gasteiger partial charge is 0.140 e. The third kappa shape index (κ3) is 4.38. The molecule has 0 saturated heterocycles. The Labute approximate surface area is 99.4 Å². The first-order valence-corrected chi connectivity index (χ1v) is 6.71. The first-order chi connectivity index (χ1) is 7.77. The Morgan fingerprint density at radius 1 is 1.12 bits per heavy atom. The van der Waals surface area contributed by atoms with Crippen molar-refractivity contribution in [1.29, 1.82) is 0 Å². The maximum Gasteiger partial charge on any atom is 0.140 e. The van der Waals surface area contributed by atoms with Crippen LogP contribution in [0.2, 0.25) is 0 Å². The van der Waals surface area contributed by atoms with Crippen LogP contribution in [0, 0.1) is 6.92 Å². The molecule has 0 radical (unpaired) electrons. The van der Waals surface area contributed by atoms with Gasteiger partial charge in [-0.25, -0.2) is 0 Å². The molecule has 1 aromatic heterocycles. The van der Waals surface area contributed by atoms with Gasteiger partial charge in [0.2, 0.25) is 0 Å². The average molecular weight is 223 g/mol. The molecule has 92 valence electrons. The van der Waals surface area contributed by atoms with Gasteiger partial charge in [-0.2, -0.15) is 0 Å². The Morgan fingerprint density at radius 2 is 1.81 bits per heavy atom. The van der Waals surface area contributed by atoms with E-state index in [-0.39, 0.29) is 0 Å². The molecule has 0 aliphatic heterocycles.